The zero-order chi connectivity index (χ0) is 7.11. The van der Waals surface area contributed by atoms with Crippen LogP contribution in [0.25, 0.3) is 0 Å². The van der Waals surface area contributed by atoms with Crippen LogP contribution in [0.3, 0.4) is 0 Å². The van der Waals surface area contributed by atoms with Crippen LogP contribution in [0.4, 0.5) is 0 Å². The lowest BCUT2D eigenvalue weighted by Crippen LogP contribution is -1.65. The SMILES string of the molecule is C=CC(/C=C\C)=C\N=C. The molecule has 0 aliphatic heterocycles. The number of hydrogen-bond donors (Lipinski definition) is 0. The molecule has 0 aromatic carbocycles. The highest BCUT2D eigenvalue weighted by Crippen LogP contribution is 1.96. The highest BCUT2D eigenvalue weighted by atomic mass is 14.6. The number of hydrogen-bond acceptors (Lipinski definition) is 1. The van der Waals surface area contributed by atoms with Gasteiger partial charge in [0.05, 0.1) is 0 Å². The molecule has 0 aromatic heterocycles. The van der Waals surface area contributed by atoms with Gasteiger partial charge in [0, 0.05) is 6.20 Å². The standard InChI is InChI=1S/C8H11N/c1-4-6-8(5-2)7-9-3/h4-7H,2-3H2,1H3/b6-4-,8-7+. The monoisotopic (exact) mass is 121 g/mol. The topological polar surface area (TPSA) is 12.4 Å². The average molecular weight is 121 g/mol. The lowest BCUT2D eigenvalue weighted by atomic mass is 10.3. The molecule has 0 fully saturated rings. The largest absolute Gasteiger partial charge is 0.272 e. The van der Waals surface area contributed by atoms with E-state index in [-0.39, 0.29) is 0 Å². The van der Waals surface area contributed by atoms with Crippen molar-refractivity contribution < 1.29 is 0 Å². The third-order valence-corrected chi connectivity index (χ3v) is 0.835. The van der Waals surface area contributed by atoms with E-state index in [0.717, 1.165) is 5.57 Å². The van der Waals surface area contributed by atoms with Crippen LogP contribution < -0.4 is 0 Å². The predicted molar refractivity (Wildman–Crippen MR) is 42.6 cm³/mol. The van der Waals surface area contributed by atoms with Crippen LogP contribution in [0, 0.1) is 0 Å². The molecule has 0 saturated heterocycles. The van der Waals surface area contributed by atoms with Crippen molar-refractivity contribution in [3.05, 3.63) is 36.6 Å². The number of aliphatic imine (C=N–C) groups is 1. The van der Waals surface area contributed by atoms with Gasteiger partial charge in [0.2, 0.25) is 0 Å². The molecule has 1 heteroatoms. The molecule has 0 atom stereocenters. The normalized spacial score (nSPS) is 11.9. The summed E-state index contributed by atoms with van der Waals surface area (Å²) in [7, 11) is 0. The van der Waals surface area contributed by atoms with Crippen LogP contribution in [0.2, 0.25) is 0 Å². The van der Waals surface area contributed by atoms with Crippen molar-refractivity contribution in [1.29, 1.82) is 0 Å². The van der Waals surface area contributed by atoms with Gasteiger partial charge < -0.3 is 0 Å². The second kappa shape index (κ2) is 5.04. The summed E-state index contributed by atoms with van der Waals surface area (Å²) in [6, 6.07) is 0. The summed E-state index contributed by atoms with van der Waals surface area (Å²) in [6.45, 7) is 8.86. The Labute approximate surface area is 56.1 Å². The predicted octanol–water partition coefficient (Wildman–Crippen LogP) is 2.33. The second-order valence-electron chi connectivity index (χ2n) is 1.52. The molecular weight excluding hydrogens is 110 g/mol. The number of allylic oxidation sites excluding steroid dienone is 4. The Balaban J connectivity index is 4.13. The second-order valence-corrected chi connectivity index (χ2v) is 1.52. The minimum absolute atomic E-state index is 0.979. The summed E-state index contributed by atoms with van der Waals surface area (Å²) in [5.74, 6) is 0. The van der Waals surface area contributed by atoms with E-state index in [1.165, 1.54) is 0 Å². The lowest BCUT2D eigenvalue weighted by molar-refractivity contribution is 1.52. The van der Waals surface area contributed by atoms with Gasteiger partial charge in [-0.3, -0.25) is 4.99 Å². The van der Waals surface area contributed by atoms with Gasteiger partial charge in [-0.25, -0.2) is 0 Å². The van der Waals surface area contributed by atoms with E-state index in [1.54, 1.807) is 12.3 Å². The van der Waals surface area contributed by atoms with Gasteiger partial charge in [-0.1, -0.05) is 24.8 Å². The first-order valence-corrected chi connectivity index (χ1v) is 2.76. The number of rotatable bonds is 3. The van der Waals surface area contributed by atoms with Gasteiger partial charge in [0.1, 0.15) is 0 Å². The Morgan fingerprint density at radius 1 is 1.56 bits per heavy atom. The quantitative estimate of drug-likeness (QED) is 0.401. The average Bonchev–Trinajstić information content (AvgIpc) is 1.88. The highest BCUT2D eigenvalue weighted by Gasteiger charge is 1.77. The van der Waals surface area contributed by atoms with E-state index < -0.39 is 0 Å². The Morgan fingerprint density at radius 3 is 2.56 bits per heavy atom. The summed E-state index contributed by atoms with van der Waals surface area (Å²) in [5, 5.41) is 0. The van der Waals surface area contributed by atoms with E-state index in [1.807, 2.05) is 19.1 Å². The first-order valence-electron chi connectivity index (χ1n) is 2.76. The van der Waals surface area contributed by atoms with Gasteiger partial charge in [-0.05, 0) is 19.2 Å². The molecule has 0 spiro atoms. The van der Waals surface area contributed by atoms with Crippen molar-refractivity contribution in [1.82, 2.24) is 0 Å². The van der Waals surface area contributed by atoms with Crippen molar-refractivity contribution in [2.45, 2.75) is 6.92 Å². The van der Waals surface area contributed by atoms with Crippen molar-refractivity contribution in [2.75, 3.05) is 0 Å². The van der Waals surface area contributed by atoms with E-state index in [4.69, 9.17) is 0 Å². The molecule has 1 nitrogen and oxygen atoms in total. The van der Waals surface area contributed by atoms with E-state index in [2.05, 4.69) is 18.3 Å². The third-order valence-electron chi connectivity index (χ3n) is 0.835. The van der Waals surface area contributed by atoms with Crippen LogP contribution in [0.15, 0.2) is 41.6 Å². The molecule has 9 heavy (non-hydrogen) atoms. The van der Waals surface area contributed by atoms with Crippen LogP contribution >= 0.6 is 0 Å². The van der Waals surface area contributed by atoms with E-state index in [9.17, 15) is 0 Å². The van der Waals surface area contributed by atoms with Gasteiger partial charge in [-0.2, -0.15) is 0 Å². The molecule has 0 radical (unpaired) electrons. The molecule has 0 amide bonds. The van der Waals surface area contributed by atoms with Crippen LogP contribution in [0.5, 0.6) is 0 Å². The summed E-state index contributed by atoms with van der Waals surface area (Å²) < 4.78 is 0. The molecule has 0 unspecified atom stereocenters. The van der Waals surface area contributed by atoms with Gasteiger partial charge in [0.25, 0.3) is 0 Å². The van der Waals surface area contributed by atoms with Crippen molar-refractivity contribution in [3.63, 3.8) is 0 Å². The van der Waals surface area contributed by atoms with Crippen LogP contribution in [0.1, 0.15) is 6.92 Å². The smallest absolute Gasteiger partial charge is 0.0332 e. The zero-order valence-corrected chi connectivity index (χ0v) is 5.67. The van der Waals surface area contributed by atoms with E-state index >= 15 is 0 Å². The third kappa shape index (κ3) is 3.47. The first kappa shape index (κ1) is 7.89. The number of nitrogens with zero attached hydrogens (tertiary/aromatic N) is 1. The Morgan fingerprint density at radius 2 is 2.22 bits per heavy atom. The maximum Gasteiger partial charge on any atom is 0.0332 e. The molecule has 0 rings (SSSR count). The molecule has 0 aromatic rings. The van der Waals surface area contributed by atoms with Crippen molar-refractivity contribution >= 4 is 6.72 Å². The fourth-order valence-electron chi connectivity index (χ4n) is 0.462. The minimum atomic E-state index is 0.979. The Hall–Kier alpha value is -1.11. The Bertz CT molecular complexity index is 152. The molecule has 48 valence electrons. The first-order chi connectivity index (χ1) is 4.35. The zero-order valence-electron chi connectivity index (χ0n) is 5.67. The van der Waals surface area contributed by atoms with Gasteiger partial charge in [0.15, 0.2) is 0 Å². The maximum absolute atomic E-state index is 3.59. The minimum Gasteiger partial charge on any atom is -0.272 e. The molecule has 0 heterocycles. The van der Waals surface area contributed by atoms with Gasteiger partial charge in [-0.15, -0.1) is 0 Å². The van der Waals surface area contributed by atoms with Crippen molar-refractivity contribution in [3.8, 4) is 0 Å². The highest BCUT2D eigenvalue weighted by molar-refractivity contribution is 5.33. The van der Waals surface area contributed by atoms with Gasteiger partial charge >= 0.3 is 0 Å². The van der Waals surface area contributed by atoms with E-state index in [0.29, 0.717) is 0 Å². The fraction of sp³-hybridized carbons (Fsp3) is 0.125. The molecule has 0 bridgehead atoms. The summed E-state index contributed by atoms with van der Waals surface area (Å²) >= 11 is 0. The van der Waals surface area contributed by atoms with Crippen LogP contribution in [-0.2, 0) is 0 Å². The molecular formula is C8H11N. The fourth-order valence-corrected chi connectivity index (χ4v) is 0.462. The summed E-state index contributed by atoms with van der Waals surface area (Å²) in [6.07, 6.45) is 7.24. The molecule has 0 saturated carbocycles. The van der Waals surface area contributed by atoms with Crippen LogP contribution in [-0.4, -0.2) is 6.72 Å². The maximum atomic E-state index is 3.59. The lowest BCUT2D eigenvalue weighted by Gasteiger charge is -1.85. The van der Waals surface area contributed by atoms with Crippen molar-refractivity contribution in [2.24, 2.45) is 4.99 Å². The Kier molecular flexibility index (Phi) is 4.41. The molecule has 0 aliphatic rings. The molecule has 0 aliphatic carbocycles. The summed E-state index contributed by atoms with van der Waals surface area (Å²) in [4.78, 5) is 3.59. The summed E-state index contributed by atoms with van der Waals surface area (Å²) in [5.41, 5.74) is 0.979. The molecule has 0 N–H and O–H groups in total.